The van der Waals surface area contributed by atoms with Crippen LogP contribution in [0.3, 0.4) is 0 Å². The summed E-state index contributed by atoms with van der Waals surface area (Å²) < 4.78 is 27.6. The van der Waals surface area contributed by atoms with Gasteiger partial charge in [-0.15, -0.1) is 0 Å². The number of halogens is 1. The fraction of sp³-hybridized carbons (Fsp3) is 0.200. The topological polar surface area (TPSA) is 194 Å². The lowest BCUT2D eigenvalue weighted by Gasteiger charge is -2.26. The van der Waals surface area contributed by atoms with Crippen LogP contribution in [0.2, 0.25) is 0 Å². The van der Waals surface area contributed by atoms with Crippen LogP contribution in [-0.4, -0.2) is 52.6 Å². The number of allylic oxidation sites excluding steroid dienone is 3. The first-order valence-corrected chi connectivity index (χ1v) is 16.9. The van der Waals surface area contributed by atoms with Gasteiger partial charge in [0.05, 0.1) is 0 Å². The summed E-state index contributed by atoms with van der Waals surface area (Å²) >= 11 is 0. The van der Waals surface area contributed by atoms with E-state index in [-0.39, 0.29) is 24.8 Å². The molecule has 3 aromatic carbocycles. The molecule has 2 unspecified atom stereocenters. The molecular weight excluding hydrogens is 636 g/mol. The smallest absolute Gasteiger partial charge is 0.252 e. The lowest BCUT2D eigenvalue weighted by Crippen LogP contribution is -2.54. The zero-order chi connectivity index (χ0) is 35.1. The number of hydrogen-bond acceptors (Lipinski definition) is 6. The van der Waals surface area contributed by atoms with Crippen LogP contribution in [0.1, 0.15) is 27.9 Å². The number of rotatable bonds is 17. The minimum absolute atomic E-state index is 0.0803. The van der Waals surface area contributed by atoms with Crippen LogP contribution >= 0.6 is 7.37 Å². The highest BCUT2D eigenvalue weighted by Crippen LogP contribution is 2.46. The Morgan fingerprint density at radius 1 is 0.875 bits per heavy atom. The number of hydrogen-bond donors (Lipinski definition) is 6. The summed E-state index contributed by atoms with van der Waals surface area (Å²) in [6.07, 6.45) is 4.56. The van der Waals surface area contributed by atoms with Gasteiger partial charge in [0, 0.05) is 24.8 Å². The first kappa shape index (κ1) is 37.1. The zero-order valence-electron chi connectivity index (χ0n) is 26.1. The Labute approximate surface area is 278 Å². The molecule has 4 atom stereocenters. The SMILES string of the molecule is C=C/C=C(\C=C/N)C[C@H](NC(=O)CP(=O)(O)C(Cc1ccccc1)NC(=O)c1cccc(F)c1)C(=O)N[C@@H](Cc1ccccc1)C(N)=O. The molecule has 0 bridgehead atoms. The molecule has 11 nitrogen and oxygen atoms in total. The van der Waals surface area contributed by atoms with E-state index in [9.17, 15) is 33.0 Å². The minimum atomic E-state index is -4.55. The van der Waals surface area contributed by atoms with Gasteiger partial charge in [-0.3, -0.25) is 23.7 Å². The standard InChI is InChI=1S/C35H39FN5O6P/c1-2-10-24(17-18-37)20-30(35(45)40-29(33(38)43)19-25-11-5-3-6-12-25)39-31(42)23-48(46,47)32(21-26-13-7-4-8-14-26)41-34(44)27-15-9-16-28(36)22-27/h2-18,22,29-30,32H,1,19-21,23,37H2,(H2,38,43)(H,39,42)(H,40,45)(H,41,44)(H,46,47)/b18-17-,24-10+/t29-,30-,32?/m0/s1. The molecule has 0 heterocycles. The van der Waals surface area contributed by atoms with E-state index in [2.05, 4.69) is 22.5 Å². The number of benzene rings is 3. The Morgan fingerprint density at radius 3 is 2.06 bits per heavy atom. The average molecular weight is 676 g/mol. The summed E-state index contributed by atoms with van der Waals surface area (Å²) in [5.41, 5.74) is 12.9. The van der Waals surface area contributed by atoms with Gasteiger partial charge in [-0.1, -0.05) is 85.5 Å². The maximum atomic E-state index is 13.8. The highest BCUT2D eigenvalue weighted by Gasteiger charge is 2.36. The molecule has 0 aliphatic rings. The van der Waals surface area contributed by atoms with E-state index in [1.165, 1.54) is 30.5 Å². The maximum Gasteiger partial charge on any atom is 0.252 e. The maximum absolute atomic E-state index is 13.8. The van der Waals surface area contributed by atoms with Crippen molar-refractivity contribution in [1.82, 2.24) is 16.0 Å². The normalized spacial score (nSPS) is 14.6. The van der Waals surface area contributed by atoms with Gasteiger partial charge in [0.2, 0.25) is 25.1 Å². The van der Waals surface area contributed by atoms with E-state index >= 15 is 0 Å². The van der Waals surface area contributed by atoms with Crippen molar-refractivity contribution in [3.8, 4) is 0 Å². The molecule has 0 radical (unpaired) electrons. The first-order valence-electron chi connectivity index (χ1n) is 15.0. The van der Waals surface area contributed by atoms with Gasteiger partial charge in [-0.05, 0) is 47.2 Å². The van der Waals surface area contributed by atoms with Crippen LogP contribution in [0, 0.1) is 5.82 Å². The summed E-state index contributed by atoms with van der Waals surface area (Å²) in [7, 11) is -4.55. The molecule has 0 spiro atoms. The number of carbonyl (C=O) groups is 4. The van der Waals surface area contributed by atoms with E-state index in [4.69, 9.17) is 11.5 Å². The van der Waals surface area contributed by atoms with Crippen LogP contribution in [0.4, 0.5) is 4.39 Å². The third-order valence-electron chi connectivity index (χ3n) is 7.19. The van der Waals surface area contributed by atoms with Crippen LogP contribution in [-0.2, 0) is 31.8 Å². The zero-order valence-corrected chi connectivity index (χ0v) is 27.0. The molecule has 0 fully saturated rings. The van der Waals surface area contributed by atoms with E-state index in [1.807, 2.05) is 0 Å². The highest BCUT2D eigenvalue weighted by atomic mass is 31.2. The van der Waals surface area contributed by atoms with Crippen molar-refractivity contribution in [2.24, 2.45) is 11.5 Å². The average Bonchev–Trinajstić information content (AvgIpc) is 3.04. The third kappa shape index (κ3) is 11.8. The molecule has 0 saturated heterocycles. The summed E-state index contributed by atoms with van der Waals surface area (Å²) in [5.74, 6) is -5.50. The van der Waals surface area contributed by atoms with E-state index in [0.717, 1.165) is 17.7 Å². The predicted octanol–water partition coefficient (Wildman–Crippen LogP) is 3.07. The fourth-order valence-corrected chi connectivity index (χ4v) is 6.35. The third-order valence-corrected chi connectivity index (χ3v) is 9.22. The van der Waals surface area contributed by atoms with Gasteiger partial charge in [0.15, 0.2) is 0 Å². The Morgan fingerprint density at radius 2 is 1.50 bits per heavy atom. The number of amides is 4. The summed E-state index contributed by atoms with van der Waals surface area (Å²) in [6, 6.07) is 19.7. The van der Waals surface area contributed by atoms with Crippen molar-refractivity contribution in [2.45, 2.75) is 37.1 Å². The highest BCUT2D eigenvalue weighted by molar-refractivity contribution is 7.59. The molecule has 4 amide bonds. The minimum Gasteiger partial charge on any atom is -0.405 e. The van der Waals surface area contributed by atoms with Crippen LogP contribution in [0.15, 0.2) is 122 Å². The Kier molecular flexibility index (Phi) is 14.0. The molecule has 0 aliphatic heterocycles. The second kappa shape index (κ2) is 18.1. The molecule has 13 heteroatoms. The number of nitrogens with one attached hydrogen (secondary N) is 3. The molecule has 0 aliphatic carbocycles. The van der Waals surface area contributed by atoms with Crippen molar-refractivity contribution < 1.29 is 33.0 Å². The quantitative estimate of drug-likeness (QED) is 0.0935. The van der Waals surface area contributed by atoms with Crippen LogP contribution in [0.5, 0.6) is 0 Å². The number of nitrogens with two attached hydrogens (primary N) is 2. The monoisotopic (exact) mass is 675 g/mol. The summed E-state index contributed by atoms with van der Waals surface area (Å²) in [4.78, 5) is 63.4. The molecule has 3 aromatic rings. The van der Waals surface area contributed by atoms with Crippen molar-refractivity contribution in [3.05, 3.63) is 144 Å². The van der Waals surface area contributed by atoms with Crippen molar-refractivity contribution >= 4 is 31.0 Å². The van der Waals surface area contributed by atoms with Crippen molar-refractivity contribution in [3.63, 3.8) is 0 Å². The summed E-state index contributed by atoms with van der Waals surface area (Å²) in [6.45, 7) is 3.64. The first-order chi connectivity index (χ1) is 22.9. The molecule has 48 heavy (non-hydrogen) atoms. The molecular formula is C35H39FN5O6P. The van der Waals surface area contributed by atoms with E-state index < -0.39 is 60.8 Å². The van der Waals surface area contributed by atoms with Crippen molar-refractivity contribution in [2.75, 3.05) is 6.16 Å². The second-order valence-corrected chi connectivity index (χ2v) is 13.4. The fourth-order valence-electron chi connectivity index (χ4n) is 4.81. The number of carbonyl (C=O) groups excluding carboxylic acids is 4. The second-order valence-electron chi connectivity index (χ2n) is 10.9. The Bertz CT molecular complexity index is 1700. The largest absolute Gasteiger partial charge is 0.405 e. The molecule has 3 rings (SSSR count). The van der Waals surface area contributed by atoms with Gasteiger partial charge in [-0.25, -0.2) is 4.39 Å². The summed E-state index contributed by atoms with van der Waals surface area (Å²) in [5, 5.41) is 7.55. The molecule has 8 N–H and O–H groups in total. The predicted molar refractivity (Wildman–Crippen MR) is 182 cm³/mol. The van der Waals surface area contributed by atoms with Crippen LogP contribution < -0.4 is 27.4 Å². The lowest BCUT2D eigenvalue weighted by molar-refractivity contribution is -0.130. The van der Waals surface area contributed by atoms with Crippen LogP contribution in [0.25, 0.3) is 0 Å². The Balaban J connectivity index is 1.86. The van der Waals surface area contributed by atoms with Gasteiger partial charge in [0.25, 0.3) is 5.91 Å². The molecule has 0 aromatic heterocycles. The van der Waals surface area contributed by atoms with E-state index in [1.54, 1.807) is 66.7 Å². The Hall–Kier alpha value is -5.32. The van der Waals surface area contributed by atoms with E-state index in [0.29, 0.717) is 11.1 Å². The van der Waals surface area contributed by atoms with Gasteiger partial charge >= 0.3 is 0 Å². The number of primary amides is 1. The van der Waals surface area contributed by atoms with Gasteiger partial charge in [0.1, 0.15) is 29.8 Å². The molecule has 0 saturated carbocycles. The van der Waals surface area contributed by atoms with Crippen molar-refractivity contribution in [1.29, 1.82) is 0 Å². The molecule has 252 valence electrons. The lowest BCUT2D eigenvalue weighted by atomic mass is 10.0. The van der Waals surface area contributed by atoms with Gasteiger partial charge < -0.3 is 32.3 Å². The van der Waals surface area contributed by atoms with Gasteiger partial charge in [-0.2, -0.15) is 0 Å².